The topological polar surface area (TPSA) is 44.9 Å². The molecule has 0 fully saturated rings. The Morgan fingerprint density at radius 2 is 1.74 bits per heavy atom. The van der Waals surface area contributed by atoms with Gasteiger partial charge in [0, 0.05) is 36.0 Å². The molecule has 0 saturated heterocycles. The molecule has 0 saturated carbocycles. The van der Waals surface area contributed by atoms with Crippen LogP contribution in [0.3, 0.4) is 0 Å². The van der Waals surface area contributed by atoms with Crippen molar-refractivity contribution < 1.29 is 4.79 Å². The molecule has 0 spiro atoms. The molecule has 3 aromatic rings. The summed E-state index contributed by atoms with van der Waals surface area (Å²) in [5.74, 6) is -0.0519. The first-order valence-electron chi connectivity index (χ1n) is 6.67. The SMILES string of the molecule is C.O=C1Nc2ccccc2SC1=Cc1c[nH]c2ccccc12.[B]. The first-order chi connectivity index (χ1) is 10.3. The number of benzene rings is 2. The molecule has 0 bridgehead atoms. The van der Waals surface area contributed by atoms with Gasteiger partial charge in [0.25, 0.3) is 5.91 Å². The summed E-state index contributed by atoms with van der Waals surface area (Å²) in [6, 6.07) is 15.9. The third kappa shape index (κ3) is 3.05. The Labute approximate surface area is 141 Å². The predicted molar refractivity (Wildman–Crippen MR) is 99.7 cm³/mol. The average molecular weight is 319 g/mol. The number of rotatable bonds is 1. The van der Waals surface area contributed by atoms with E-state index < -0.39 is 0 Å². The lowest BCUT2D eigenvalue weighted by molar-refractivity contribution is -0.112. The van der Waals surface area contributed by atoms with E-state index in [0.717, 1.165) is 27.0 Å². The molecule has 0 unspecified atom stereocenters. The Morgan fingerprint density at radius 1 is 1.00 bits per heavy atom. The Hall–Kier alpha value is -2.40. The summed E-state index contributed by atoms with van der Waals surface area (Å²) < 4.78 is 0. The largest absolute Gasteiger partial charge is 0.361 e. The van der Waals surface area contributed by atoms with Gasteiger partial charge < -0.3 is 10.3 Å². The molecular weight excluding hydrogens is 303 g/mol. The molecule has 1 amide bonds. The average Bonchev–Trinajstić information content (AvgIpc) is 2.91. The Morgan fingerprint density at radius 3 is 2.61 bits per heavy atom. The first kappa shape index (κ1) is 17.0. The summed E-state index contributed by atoms with van der Waals surface area (Å²) in [7, 11) is 0. The van der Waals surface area contributed by atoms with Crippen molar-refractivity contribution in [3.05, 3.63) is 65.2 Å². The predicted octanol–water partition coefficient (Wildman–Crippen LogP) is 4.51. The Balaban J connectivity index is 0.000000960. The van der Waals surface area contributed by atoms with E-state index in [1.54, 1.807) is 0 Å². The van der Waals surface area contributed by atoms with E-state index >= 15 is 0 Å². The van der Waals surface area contributed by atoms with Gasteiger partial charge in [-0.2, -0.15) is 0 Å². The summed E-state index contributed by atoms with van der Waals surface area (Å²) in [6.45, 7) is 0. The number of amides is 1. The lowest BCUT2D eigenvalue weighted by Gasteiger charge is -2.18. The molecule has 2 aromatic carbocycles. The highest BCUT2D eigenvalue weighted by Crippen LogP contribution is 2.39. The number of aromatic nitrogens is 1. The van der Waals surface area contributed by atoms with Gasteiger partial charge in [-0.05, 0) is 24.3 Å². The van der Waals surface area contributed by atoms with Gasteiger partial charge in [0.15, 0.2) is 0 Å². The fourth-order valence-corrected chi connectivity index (χ4v) is 3.40. The second-order valence-electron chi connectivity index (χ2n) is 4.85. The van der Waals surface area contributed by atoms with E-state index in [1.807, 2.05) is 54.7 Å². The lowest BCUT2D eigenvalue weighted by Crippen LogP contribution is -2.16. The quantitative estimate of drug-likeness (QED) is 0.512. The van der Waals surface area contributed by atoms with E-state index in [-0.39, 0.29) is 21.7 Å². The number of anilines is 1. The number of hydrogen-bond acceptors (Lipinski definition) is 2. The van der Waals surface area contributed by atoms with Crippen molar-refractivity contribution in [3.63, 3.8) is 0 Å². The zero-order valence-corrected chi connectivity index (χ0v) is 12.5. The van der Waals surface area contributed by atoms with Gasteiger partial charge in [-0.25, -0.2) is 0 Å². The minimum atomic E-state index is -0.0519. The molecule has 1 aliphatic heterocycles. The summed E-state index contributed by atoms with van der Waals surface area (Å²) in [6.07, 6.45) is 3.88. The van der Waals surface area contributed by atoms with Crippen molar-refractivity contribution in [3.8, 4) is 0 Å². The number of carbonyl (C=O) groups is 1. The van der Waals surface area contributed by atoms with Crippen molar-refractivity contribution in [2.24, 2.45) is 0 Å². The molecule has 3 nitrogen and oxygen atoms in total. The molecule has 113 valence electrons. The summed E-state index contributed by atoms with van der Waals surface area (Å²) >= 11 is 1.51. The molecule has 2 N–H and O–H groups in total. The third-order valence-corrected chi connectivity index (χ3v) is 4.59. The van der Waals surface area contributed by atoms with Crippen molar-refractivity contribution in [1.82, 2.24) is 4.98 Å². The van der Waals surface area contributed by atoms with Gasteiger partial charge >= 0.3 is 0 Å². The van der Waals surface area contributed by atoms with Crippen LogP contribution in [0.15, 0.2) is 64.5 Å². The number of hydrogen-bond donors (Lipinski definition) is 2. The number of aromatic amines is 1. The number of fused-ring (bicyclic) bond motifs is 2. The highest BCUT2D eigenvalue weighted by Gasteiger charge is 2.20. The molecule has 5 heteroatoms. The van der Waals surface area contributed by atoms with E-state index in [4.69, 9.17) is 0 Å². The highest BCUT2D eigenvalue weighted by atomic mass is 32.2. The van der Waals surface area contributed by atoms with Crippen molar-refractivity contribution in [2.45, 2.75) is 12.3 Å². The molecule has 4 rings (SSSR count). The van der Waals surface area contributed by atoms with Gasteiger partial charge in [0.1, 0.15) is 0 Å². The molecular formula is C18H16BN2OS. The maximum Gasteiger partial charge on any atom is 0.262 e. The number of para-hydroxylation sites is 2. The zero-order valence-electron chi connectivity index (χ0n) is 11.7. The third-order valence-electron chi connectivity index (χ3n) is 3.49. The molecule has 1 aliphatic rings. The van der Waals surface area contributed by atoms with Crippen LogP contribution in [0.25, 0.3) is 17.0 Å². The number of H-pyrrole nitrogens is 1. The van der Waals surface area contributed by atoms with E-state index in [9.17, 15) is 4.79 Å². The lowest BCUT2D eigenvalue weighted by atomic mass is 10.1. The van der Waals surface area contributed by atoms with Crippen molar-refractivity contribution in [2.75, 3.05) is 5.32 Å². The van der Waals surface area contributed by atoms with E-state index in [1.165, 1.54) is 11.8 Å². The maximum absolute atomic E-state index is 12.2. The summed E-state index contributed by atoms with van der Waals surface area (Å²) in [5, 5.41) is 4.05. The van der Waals surface area contributed by atoms with Gasteiger partial charge in [-0.3, -0.25) is 4.79 Å². The molecule has 0 atom stereocenters. The van der Waals surface area contributed by atoms with Gasteiger partial charge in [-0.15, -0.1) is 0 Å². The van der Waals surface area contributed by atoms with E-state index in [0.29, 0.717) is 4.91 Å². The minimum Gasteiger partial charge on any atom is -0.361 e. The van der Waals surface area contributed by atoms with Gasteiger partial charge in [0.05, 0.1) is 10.6 Å². The monoisotopic (exact) mass is 319 g/mol. The van der Waals surface area contributed by atoms with Crippen LogP contribution in [0.1, 0.15) is 13.0 Å². The fourth-order valence-electron chi connectivity index (χ4n) is 2.46. The first-order valence-corrected chi connectivity index (χ1v) is 7.49. The smallest absolute Gasteiger partial charge is 0.262 e. The van der Waals surface area contributed by atoms with Crippen LogP contribution < -0.4 is 5.32 Å². The molecule has 0 aliphatic carbocycles. The fraction of sp³-hybridized carbons (Fsp3) is 0.0556. The van der Waals surface area contributed by atoms with Crippen LogP contribution in [0.2, 0.25) is 0 Å². The van der Waals surface area contributed by atoms with Crippen LogP contribution in [0, 0.1) is 0 Å². The second-order valence-corrected chi connectivity index (χ2v) is 5.93. The maximum atomic E-state index is 12.2. The minimum absolute atomic E-state index is 0. The molecule has 1 aromatic heterocycles. The number of nitrogens with one attached hydrogen (secondary N) is 2. The van der Waals surface area contributed by atoms with Gasteiger partial charge in [0.2, 0.25) is 0 Å². The van der Waals surface area contributed by atoms with Crippen LogP contribution in [-0.4, -0.2) is 19.3 Å². The normalized spacial score (nSPS) is 14.6. The van der Waals surface area contributed by atoms with Crippen LogP contribution in [-0.2, 0) is 4.79 Å². The number of thioether (sulfide) groups is 1. The van der Waals surface area contributed by atoms with Crippen LogP contribution in [0.4, 0.5) is 5.69 Å². The molecule has 23 heavy (non-hydrogen) atoms. The van der Waals surface area contributed by atoms with E-state index in [2.05, 4.69) is 16.4 Å². The zero-order chi connectivity index (χ0) is 14.2. The van der Waals surface area contributed by atoms with Crippen molar-refractivity contribution in [1.29, 1.82) is 0 Å². The molecule has 3 radical (unpaired) electrons. The Kier molecular flexibility index (Phi) is 5.01. The van der Waals surface area contributed by atoms with Crippen molar-refractivity contribution >= 4 is 48.7 Å². The van der Waals surface area contributed by atoms with Gasteiger partial charge in [-0.1, -0.05) is 49.5 Å². The summed E-state index contributed by atoms with van der Waals surface area (Å²) in [5.41, 5.74) is 2.98. The summed E-state index contributed by atoms with van der Waals surface area (Å²) in [4.78, 5) is 17.2. The number of carbonyl (C=O) groups excluding carboxylic acids is 1. The standard InChI is InChI=1S/C17H12N2OS.CH4.B/c20-17-16(21-15-8-4-3-7-14(15)19-17)9-11-10-18-13-6-2-1-5-12(11)13;;/h1-10,18H,(H,19,20);1H4;. The van der Waals surface area contributed by atoms with Crippen LogP contribution in [0.5, 0.6) is 0 Å². The highest BCUT2D eigenvalue weighted by molar-refractivity contribution is 8.04. The Bertz CT molecular complexity index is 885. The van der Waals surface area contributed by atoms with Crippen LogP contribution >= 0.6 is 11.8 Å². The second kappa shape index (κ2) is 6.79. The molecule has 2 heterocycles.